The molecule has 2 heterocycles. The van der Waals surface area contributed by atoms with Gasteiger partial charge in [0.2, 0.25) is 5.91 Å². The zero-order valence-electron chi connectivity index (χ0n) is 19.2. The van der Waals surface area contributed by atoms with E-state index in [-0.39, 0.29) is 34.0 Å². The Morgan fingerprint density at radius 1 is 1.03 bits per heavy atom. The molecule has 11 heteroatoms. The van der Waals surface area contributed by atoms with Gasteiger partial charge in [0.05, 0.1) is 11.3 Å². The number of carbonyl (C=O) groups is 1. The molecule has 4 aromatic rings. The number of amides is 1. The van der Waals surface area contributed by atoms with E-state index in [1.165, 1.54) is 36.8 Å². The Hall–Kier alpha value is -3.99. The van der Waals surface area contributed by atoms with Gasteiger partial charge in [0, 0.05) is 35.6 Å². The fourth-order valence-corrected chi connectivity index (χ4v) is 5.27. The van der Waals surface area contributed by atoms with Gasteiger partial charge < -0.3 is 5.32 Å². The number of carbonyl (C=O) groups excluding carboxylic acids is 1. The van der Waals surface area contributed by atoms with Crippen LogP contribution in [0.4, 0.5) is 24.7 Å². The smallest absolute Gasteiger partial charge is 0.326 e. The summed E-state index contributed by atoms with van der Waals surface area (Å²) in [4.78, 5) is 20.7. The zero-order valence-corrected chi connectivity index (χ0v) is 20.1. The standard InChI is InChI=1S/C26H21F3N4O3S/c27-26(28,29)13-18-15-30-14-17-4-7-19(11-21(17)18)32-25(34)23-12-22(23)16-5-8-20(9-6-16)37(35,36)33-24-3-1-2-10-31-24/h1-11,14-15,22-23H,12-13H2,(H,31,33)(H,32,34)/t22-,23+/m0/s1. The van der Waals surface area contributed by atoms with Gasteiger partial charge in [0.25, 0.3) is 10.0 Å². The lowest BCUT2D eigenvalue weighted by Crippen LogP contribution is -2.15. The average Bonchev–Trinajstić information content (AvgIpc) is 3.65. The summed E-state index contributed by atoms with van der Waals surface area (Å²) >= 11 is 0. The van der Waals surface area contributed by atoms with E-state index in [9.17, 15) is 26.4 Å². The van der Waals surface area contributed by atoms with Crippen molar-refractivity contribution in [3.05, 3.63) is 90.4 Å². The van der Waals surface area contributed by atoms with E-state index in [1.807, 2.05) is 0 Å². The normalized spacial score (nSPS) is 17.4. The first-order chi connectivity index (χ1) is 17.6. The largest absolute Gasteiger partial charge is 0.393 e. The third kappa shape index (κ3) is 5.72. The first-order valence-corrected chi connectivity index (χ1v) is 12.9. The number of sulfonamides is 1. The molecule has 37 heavy (non-hydrogen) atoms. The molecule has 190 valence electrons. The van der Waals surface area contributed by atoms with Crippen LogP contribution in [0, 0.1) is 5.92 Å². The molecule has 1 saturated carbocycles. The molecule has 0 bridgehead atoms. The second-order valence-corrected chi connectivity index (χ2v) is 10.5. The van der Waals surface area contributed by atoms with Crippen LogP contribution in [0.25, 0.3) is 10.8 Å². The highest BCUT2D eigenvalue weighted by molar-refractivity contribution is 7.92. The summed E-state index contributed by atoms with van der Waals surface area (Å²) in [7, 11) is -3.81. The summed E-state index contributed by atoms with van der Waals surface area (Å²) in [6.07, 6.45) is -0.749. The van der Waals surface area contributed by atoms with Crippen molar-refractivity contribution in [1.82, 2.24) is 9.97 Å². The van der Waals surface area contributed by atoms with Crippen molar-refractivity contribution < 1.29 is 26.4 Å². The molecule has 1 fully saturated rings. The number of nitrogens with one attached hydrogen (secondary N) is 2. The third-order valence-corrected chi connectivity index (χ3v) is 7.52. The average molecular weight is 527 g/mol. The van der Waals surface area contributed by atoms with Gasteiger partial charge >= 0.3 is 6.18 Å². The number of hydrogen-bond acceptors (Lipinski definition) is 5. The number of nitrogens with zero attached hydrogens (tertiary/aromatic N) is 2. The Bertz CT molecular complexity index is 1560. The Morgan fingerprint density at radius 3 is 2.51 bits per heavy atom. The Morgan fingerprint density at radius 2 is 1.81 bits per heavy atom. The lowest BCUT2D eigenvalue weighted by atomic mass is 10.0. The van der Waals surface area contributed by atoms with Crippen LogP contribution in [0.2, 0.25) is 0 Å². The number of anilines is 2. The molecule has 2 N–H and O–H groups in total. The second kappa shape index (κ2) is 9.47. The van der Waals surface area contributed by atoms with Crippen LogP contribution >= 0.6 is 0 Å². The predicted molar refractivity (Wildman–Crippen MR) is 132 cm³/mol. The van der Waals surface area contributed by atoms with Crippen LogP contribution in [-0.4, -0.2) is 30.5 Å². The maximum absolute atomic E-state index is 12.9. The predicted octanol–water partition coefficient (Wildman–Crippen LogP) is 5.28. The summed E-state index contributed by atoms with van der Waals surface area (Å²) in [5.74, 6) is -0.437. The number of pyridine rings is 2. The van der Waals surface area contributed by atoms with Gasteiger partial charge in [0.15, 0.2) is 0 Å². The first-order valence-electron chi connectivity index (χ1n) is 11.4. The van der Waals surface area contributed by atoms with Gasteiger partial charge in [-0.1, -0.05) is 24.3 Å². The molecule has 1 aliphatic rings. The van der Waals surface area contributed by atoms with Crippen LogP contribution < -0.4 is 10.0 Å². The molecule has 2 aromatic carbocycles. The molecular formula is C26H21F3N4O3S. The van der Waals surface area contributed by atoms with Crippen molar-refractivity contribution in [1.29, 1.82) is 0 Å². The van der Waals surface area contributed by atoms with Gasteiger partial charge in [-0.3, -0.25) is 14.5 Å². The molecule has 0 radical (unpaired) electrons. The quantitative estimate of drug-likeness (QED) is 0.341. The van der Waals surface area contributed by atoms with Gasteiger partial charge in [-0.25, -0.2) is 13.4 Å². The van der Waals surface area contributed by atoms with Crippen LogP contribution in [0.15, 0.2) is 84.1 Å². The van der Waals surface area contributed by atoms with Crippen molar-refractivity contribution in [2.45, 2.75) is 29.8 Å². The number of alkyl halides is 3. The maximum atomic E-state index is 12.9. The van der Waals surface area contributed by atoms with E-state index >= 15 is 0 Å². The Labute approximate surface area is 210 Å². The molecular weight excluding hydrogens is 505 g/mol. The summed E-state index contributed by atoms with van der Waals surface area (Å²) < 4.78 is 66.4. The molecule has 0 saturated heterocycles. The van der Waals surface area contributed by atoms with E-state index in [1.54, 1.807) is 42.5 Å². The topological polar surface area (TPSA) is 101 Å². The van der Waals surface area contributed by atoms with Crippen molar-refractivity contribution in [2.75, 3.05) is 10.0 Å². The molecule has 1 amide bonds. The molecule has 5 rings (SSSR count). The highest BCUT2D eigenvalue weighted by atomic mass is 32.2. The SMILES string of the molecule is O=C(Nc1ccc2cncc(CC(F)(F)F)c2c1)[C@@H]1C[C@H]1c1ccc(S(=O)(=O)Nc2ccccn2)cc1. The van der Waals surface area contributed by atoms with Crippen molar-refractivity contribution in [3.63, 3.8) is 0 Å². The highest BCUT2D eigenvalue weighted by Crippen LogP contribution is 2.48. The van der Waals surface area contributed by atoms with Gasteiger partial charge in [-0.05, 0) is 65.3 Å². The fraction of sp³-hybridized carbons (Fsp3) is 0.192. The molecule has 0 aliphatic heterocycles. The van der Waals surface area contributed by atoms with Crippen molar-refractivity contribution in [3.8, 4) is 0 Å². The van der Waals surface area contributed by atoms with Crippen LogP contribution in [0.1, 0.15) is 23.5 Å². The number of rotatable bonds is 7. The van der Waals surface area contributed by atoms with E-state index in [4.69, 9.17) is 0 Å². The highest BCUT2D eigenvalue weighted by Gasteiger charge is 2.44. The van der Waals surface area contributed by atoms with Gasteiger partial charge in [-0.2, -0.15) is 13.2 Å². The molecule has 7 nitrogen and oxygen atoms in total. The zero-order chi connectivity index (χ0) is 26.2. The van der Waals surface area contributed by atoms with E-state index < -0.39 is 22.6 Å². The lowest BCUT2D eigenvalue weighted by Gasteiger charge is -2.11. The van der Waals surface area contributed by atoms with E-state index in [0.29, 0.717) is 22.9 Å². The summed E-state index contributed by atoms with van der Waals surface area (Å²) in [6.45, 7) is 0. The lowest BCUT2D eigenvalue weighted by molar-refractivity contribution is -0.127. The number of aromatic nitrogens is 2. The number of fused-ring (bicyclic) bond motifs is 1. The summed E-state index contributed by atoms with van der Waals surface area (Å²) in [5, 5.41) is 3.73. The molecule has 1 aliphatic carbocycles. The van der Waals surface area contributed by atoms with Gasteiger partial charge in [-0.15, -0.1) is 0 Å². The van der Waals surface area contributed by atoms with Crippen LogP contribution in [0.5, 0.6) is 0 Å². The maximum Gasteiger partial charge on any atom is 0.393 e. The monoisotopic (exact) mass is 526 g/mol. The first kappa shape index (κ1) is 24.7. The number of halogens is 3. The summed E-state index contributed by atoms with van der Waals surface area (Å²) in [6, 6.07) is 16.0. The van der Waals surface area contributed by atoms with Gasteiger partial charge in [0.1, 0.15) is 5.82 Å². The van der Waals surface area contributed by atoms with Crippen LogP contribution in [-0.2, 0) is 21.2 Å². The number of hydrogen-bond donors (Lipinski definition) is 2. The second-order valence-electron chi connectivity index (χ2n) is 8.85. The van der Waals surface area contributed by atoms with E-state index in [2.05, 4.69) is 20.0 Å². The van der Waals surface area contributed by atoms with Crippen molar-refractivity contribution >= 4 is 38.2 Å². The molecule has 2 atom stereocenters. The van der Waals surface area contributed by atoms with Crippen LogP contribution in [0.3, 0.4) is 0 Å². The minimum atomic E-state index is -4.38. The number of benzene rings is 2. The summed E-state index contributed by atoms with van der Waals surface area (Å²) in [5.41, 5.74) is 1.27. The minimum absolute atomic E-state index is 0.0398. The molecule has 0 spiro atoms. The Kier molecular flexibility index (Phi) is 6.32. The fourth-order valence-electron chi connectivity index (χ4n) is 4.26. The molecule has 0 unspecified atom stereocenters. The molecule has 2 aromatic heterocycles. The Balaban J connectivity index is 1.25. The minimum Gasteiger partial charge on any atom is -0.326 e. The van der Waals surface area contributed by atoms with Crippen molar-refractivity contribution in [2.24, 2.45) is 5.92 Å². The van der Waals surface area contributed by atoms with E-state index in [0.717, 1.165) is 5.56 Å². The third-order valence-electron chi connectivity index (χ3n) is 6.15.